The van der Waals surface area contributed by atoms with Crippen LogP contribution in [0.2, 0.25) is 0 Å². The topological polar surface area (TPSA) is 25.8 Å². The number of pyridine rings is 2. The molecule has 0 unspecified atom stereocenters. The first-order chi connectivity index (χ1) is 17.1. The first kappa shape index (κ1) is 22.7. The molecule has 0 aliphatic rings. The van der Waals surface area contributed by atoms with Crippen molar-refractivity contribution in [1.29, 1.82) is 0 Å². The summed E-state index contributed by atoms with van der Waals surface area (Å²) in [6.45, 7) is 13.6. The van der Waals surface area contributed by atoms with Crippen molar-refractivity contribution < 1.29 is 0 Å². The summed E-state index contributed by atoms with van der Waals surface area (Å²) in [5.41, 5.74) is 9.36. The Hall–Kier alpha value is -3.78. The maximum absolute atomic E-state index is 5.01. The molecule has 0 N–H and O–H groups in total. The third-order valence-electron chi connectivity index (χ3n) is 7.24. The molecule has 0 atom stereocenters. The largest absolute Gasteiger partial charge is 0.248 e. The summed E-state index contributed by atoms with van der Waals surface area (Å²) in [5, 5.41) is 4.80. The molecule has 0 aliphatic heterocycles. The fraction of sp³-hybridized carbons (Fsp3) is 0.235. The van der Waals surface area contributed by atoms with Crippen molar-refractivity contribution >= 4 is 43.6 Å². The summed E-state index contributed by atoms with van der Waals surface area (Å²) in [5.74, 6) is 0. The summed E-state index contributed by atoms with van der Waals surface area (Å²) in [4.78, 5) is 9.99. The van der Waals surface area contributed by atoms with Gasteiger partial charge in [-0.2, -0.15) is 0 Å². The van der Waals surface area contributed by atoms with Crippen LogP contribution in [0.5, 0.6) is 0 Å². The molecule has 0 aliphatic carbocycles. The van der Waals surface area contributed by atoms with Crippen LogP contribution in [0.4, 0.5) is 0 Å². The number of hydrogen-bond donors (Lipinski definition) is 0. The highest BCUT2D eigenvalue weighted by molar-refractivity contribution is 6.01. The second-order valence-electron chi connectivity index (χ2n) is 12.0. The SMILES string of the molecule is CC(C)(C)c1ccc2cc3cc(-c4ccc5nc6ccccc6c(C(C)(C)C)c5c4)ccc3nc2c1. The predicted octanol–water partition coefficient (Wildman–Crippen LogP) is 9.35. The summed E-state index contributed by atoms with van der Waals surface area (Å²) in [6.07, 6.45) is 0. The number of nitrogens with zero attached hydrogens (tertiary/aromatic N) is 2. The number of hydrogen-bond acceptors (Lipinski definition) is 2. The van der Waals surface area contributed by atoms with Crippen molar-refractivity contribution in [3.63, 3.8) is 0 Å². The summed E-state index contributed by atoms with van der Waals surface area (Å²) in [7, 11) is 0. The second-order valence-corrected chi connectivity index (χ2v) is 12.0. The van der Waals surface area contributed by atoms with Crippen molar-refractivity contribution in [3.05, 3.63) is 96.1 Å². The van der Waals surface area contributed by atoms with Crippen LogP contribution < -0.4 is 0 Å². The standard InChI is InChI=1S/C34H32N2/c1-33(2,3)25-14-11-23-18-24-17-21(12-15-28(24)35-31(23)20-25)22-13-16-30-27(19-22)32(34(4,5)6)26-9-7-8-10-29(26)36-30/h7-20H,1-6H3. The van der Waals surface area contributed by atoms with Gasteiger partial charge in [-0.15, -0.1) is 0 Å². The van der Waals surface area contributed by atoms with Crippen LogP contribution in [-0.4, -0.2) is 9.97 Å². The van der Waals surface area contributed by atoms with Gasteiger partial charge in [0.2, 0.25) is 0 Å². The maximum atomic E-state index is 5.01. The van der Waals surface area contributed by atoms with Crippen LogP contribution in [-0.2, 0) is 10.8 Å². The van der Waals surface area contributed by atoms with Crippen LogP contribution in [0, 0.1) is 0 Å². The molecule has 0 spiro atoms. The van der Waals surface area contributed by atoms with Gasteiger partial charge in [-0.05, 0) is 75.5 Å². The Morgan fingerprint density at radius 2 is 1.14 bits per heavy atom. The summed E-state index contributed by atoms with van der Waals surface area (Å²) >= 11 is 0. The number of rotatable bonds is 1. The molecule has 2 aromatic heterocycles. The van der Waals surface area contributed by atoms with Gasteiger partial charge < -0.3 is 0 Å². The highest BCUT2D eigenvalue weighted by Crippen LogP contribution is 2.37. The molecule has 178 valence electrons. The molecular formula is C34H32N2. The molecule has 6 aromatic rings. The van der Waals surface area contributed by atoms with Gasteiger partial charge in [-0.3, -0.25) is 0 Å². The van der Waals surface area contributed by atoms with E-state index in [9.17, 15) is 0 Å². The zero-order valence-corrected chi connectivity index (χ0v) is 22.0. The van der Waals surface area contributed by atoms with Gasteiger partial charge in [0.25, 0.3) is 0 Å². The van der Waals surface area contributed by atoms with Crippen molar-refractivity contribution in [2.75, 3.05) is 0 Å². The third kappa shape index (κ3) is 3.82. The molecule has 2 heterocycles. The van der Waals surface area contributed by atoms with E-state index in [-0.39, 0.29) is 10.8 Å². The molecule has 0 saturated carbocycles. The second kappa shape index (κ2) is 7.86. The Kier molecular flexibility index (Phi) is 4.95. The minimum Gasteiger partial charge on any atom is -0.248 e. The third-order valence-corrected chi connectivity index (χ3v) is 7.24. The molecule has 6 rings (SSSR count). The maximum Gasteiger partial charge on any atom is 0.0713 e. The minimum atomic E-state index is -0.00244. The van der Waals surface area contributed by atoms with Gasteiger partial charge in [0.15, 0.2) is 0 Å². The fourth-order valence-corrected chi connectivity index (χ4v) is 5.36. The monoisotopic (exact) mass is 468 g/mol. The van der Waals surface area contributed by atoms with Gasteiger partial charge in [0, 0.05) is 21.5 Å². The van der Waals surface area contributed by atoms with Gasteiger partial charge in [-0.1, -0.05) is 84.0 Å². The van der Waals surface area contributed by atoms with E-state index < -0.39 is 0 Å². The molecule has 2 heteroatoms. The van der Waals surface area contributed by atoms with Crippen LogP contribution in [0.15, 0.2) is 84.9 Å². The zero-order valence-electron chi connectivity index (χ0n) is 22.0. The van der Waals surface area contributed by atoms with Crippen molar-refractivity contribution in [1.82, 2.24) is 9.97 Å². The Morgan fingerprint density at radius 1 is 0.472 bits per heavy atom. The lowest BCUT2D eigenvalue weighted by molar-refractivity contribution is 0.591. The van der Waals surface area contributed by atoms with E-state index in [4.69, 9.17) is 9.97 Å². The lowest BCUT2D eigenvalue weighted by Crippen LogP contribution is -2.13. The van der Waals surface area contributed by atoms with E-state index in [0.29, 0.717) is 0 Å². The summed E-state index contributed by atoms with van der Waals surface area (Å²) < 4.78 is 0. The Labute approximate surface area is 213 Å². The molecular weight excluding hydrogens is 436 g/mol. The van der Waals surface area contributed by atoms with Gasteiger partial charge >= 0.3 is 0 Å². The molecule has 2 nitrogen and oxygen atoms in total. The molecule has 0 amide bonds. The van der Waals surface area contributed by atoms with Crippen molar-refractivity contribution in [2.45, 2.75) is 52.4 Å². The van der Waals surface area contributed by atoms with E-state index >= 15 is 0 Å². The average Bonchev–Trinajstić information content (AvgIpc) is 2.83. The van der Waals surface area contributed by atoms with Crippen LogP contribution in [0.3, 0.4) is 0 Å². The minimum absolute atomic E-state index is 0.00244. The average molecular weight is 469 g/mol. The van der Waals surface area contributed by atoms with Gasteiger partial charge in [0.05, 0.1) is 22.1 Å². The Balaban J connectivity index is 1.53. The van der Waals surface area contributed by atoms with Crippen LogP contribution in [0.25, 0.3) is 54.7 Å². The van der Waals surface area contributed by atoms with Crippen LogP contribution in [0.1, 0.15) is 52.7 Å². The van der Waals surface area contributed by atoms with Crippen molar-refractivity contribution in [2.24, 2.45) is 0 Å². The smallest absolute Gasteiger partial charge is 0.0713 e. The van der Waals surface area contributed by atoms with E-state index in [1.807, 2.05) is 0 Å². The first-order valence-corrected chi connectivity index (χ1v) is 12.8. The Morgan fingerprint density at radius 3 is 1.89 bits per heavy atom. The van der Waals surface area contributed by atoms with E-state index in [1.165, 1.54) is 38.4 Å². The molecule has 0 bridgehead atoms. The van der Waals surface area contributed by atoms with E-state index in [2.05, 4.69) is 126 Å². The normalized spacial score (nSPS) is 12.7. The molecule has 0 fully saturated rings. The van der Waals surface area contributed by atoms with E-state index in [1.54, 1.807) is 0 Å². The lowest BCUT2D eigenvalue weighted by atomic mass is 9.81. The quantitative estimate of drug-likeness (QED) is 0.225. The van der Waals surface area contributed by atoms with Gasteiger partial charge in [0.1, 0.15) is 0 Å². The predicted molar refractivity (Wildman–Crippen MR) is 155 cm³/mol. The highest BCUT2D eigenvalue weighted by Gasteiger charge is 2.21. The highest BCUT2D eigenvalue weighted by atomic mass is 14.7. The Bertz CT molecular complexity index is 1800. The van der Waals surface area contributed by atoms with Crippen LogP contribution >= 0.6 is 0 Å². The number of benzene rings is 4. The van der Waals surface area contributed by atoms with Crippen molar-refractivity contribution in [3.8, 4) is 11.1 Å². The first-order valence-electron chi connectivity index (χ1n) is 12.8. The zero-order chi connectivity index (χ0) is 25.2. The molecule has 4 aromatic carbocycles. The summed E-state index contributed by atoms with van der Waals surface area (Å²) in [6, 6.07) is 30.7. The molecule has 0 radical (unpaired) electrons. The number of fused-ring (bicyclic) bond motifs is 4. The lowest BCUT2D eigenvalue weighted by Gasteiger charge is -2.24. The number of aromatic nitrogens is 2. The molecule has 36 heavy (non-hydrogen) atoms. The van der Waals surface area contributed by atoms with E-state index in [0.717, 1.165) is 27.5 Å². The molecule has 0 saturated heterocycles. The van der Waals surface area contributed by atoms with Gasteiger partial charge in [-0.25, -0.2) is 9.97 Å². The fourth-order valence-electron chi connectivity index (χ4n) is 5.36. The number of para-hydroxylation sites is 1.